The van der Waals surface area contributed by atoms with Gasteiger partial charge in [0.15, 0.2) is 5.11 Å². The molecule has 0 bridgehead atoms. The number of piperazine rings is 1. The quantitative estimate of drug-likeness (QED) is 0.617. The van der Waals surface area contributed by atoms with Crippen molar-refractivity contribution in [3.8, 4) is 0 Å². The maximum atomic E-state index is 14.0. The maximum absolute atomic E-state index is 14.0. The van der Waals surface area contributed by atoms with Crippen LogP contribution in [0.25, 0.3) is 0 Å². The lowest BCUT2D eigenvalue weighted by molar-refractivity contribution is 0.0601. The Bertz CT molecular complexity index is 861. The van der Waals surface area contributed by atoms with Crippen molar-refractivity contribution in [1.82, 2.24) is 4.90 Å². The molecule has 5 nitrogen and oxygen atoms in total. The first-order valence-electron chi connectivity index (χ1n) is 8.66. The standard InChI is InChI=1S/C19H22FN3O2S2/c1-12-13(2)27-17(16(12)18(24)25-3)21-19(26)23-10-8-22(9-11-23)15-7-5-4-6-14(15)20/h4-7H,8-11H2,1-3H3,(H,21,26). The van der Waals surface area contributed by atoms with Gasteiger partial charge in [0.1, 0.15) is 10.8 Å². The molecule has 1 aromatic heterocycles. The van der Waals surface area contributed by atoms with Gasteiger partial charge in [0.05, 0.1) is 18.4 Å². The van der Waals surface area contributed by atoms with Crippen LogP contribution in [0.5, 0.6) is 0 Å². The number of halogens is 1. The van der Waals surface area contributed by atoms with E-state index in [-0.39, 0.29) is 11.8 Å². The predicted molar refractivity (Wildman–Crippen MR) is 112 cm³/mol. The second kappa shape index (κ2) is 8.22. The number of anilines is 2. The molecule has 1 fully saturated rings. The van der Waals surface area contributed by atoms with Gasteiger partial charge < -0.3 is 19.9 Å². The molecule has 0 radical (unpaired) electrons. The Kier molecular flexibility index (Phi) is 5.96. The van der Waals surface area contributed by atoms with E-state index in [0.717, 1.165) is 10.4 Å². The molecule has 144 valence electrons. The number of para-hydroxylation sites is 1. The van der Waals surface area contributed by atoms with Crippen LogP contribution in [-0.4, -0.2) is 49.3 Å². The van der Waals surface area contributed by atoms with Crippen LogP contribution in [0.2, 0.25) is 0 Å². The molecular weight excluding hydrogens is 385 g/mol. The average Bonchev–Trinajstić information content (AvgIpc) is 2.95. The van der Waals surface area contributed by atoms with E-state index >= 15 is 0 Å². The van der Waals surface area contributed by atoms with Crippen LogP contribution in [0.3, 0.4) is 0 Å². The van der Waals surface area contributed by atoms with Gasteiger partial charge in [-0.1, -0.05) is 12.1 Å². The van der Waals surface area contributed by atoms with Crippen LogP contribution in [0.15, 0.2) is 24.3 Å². The molecular formula is C19H22FN3O2S2. The topological polar surface area (TPSA) is 44.8 Å². The molecule has 0 aliphatic carbocycles. The van der Waals surface area contributed by atoms with E-state index in [2.05, 4.69) is 5.32 Å². The minimum absolute atomic E-state index is 0.209. The number of carbonyl (C=O) groups excluding carboxylic acids is 1. The number of rotatable bonds is 3. The smallest absolute Gasteiger partial charge is 0.341 e. The number of benzene rings is 1. The van der Waals surface area contributed by atoms with E-state index < -0.39 is 0 Å². The van der Waals surface area contributed by atoms with Crippen LogP contribution < -0.4 is 10.2 Å². The minimum Gasteiger partial charge on any atom is -0.465 e. The summed E-state index contributed by atoms with van der Waals surface area (Å²) in [6, 6.07) is 6.80. The molecule has 1 aliphatic rings. The fourth-order valence-corrected chi connectivity index (χ4v) is 4.49. The number of esters is 1. The number of hydrogen-bond acceptors (Lipinski definition) is 5. The highest BCUT2D eigenvalue weighted by molar-refractivity contribution is 7.80. The molecule has 2 aromatic rings. The molecule has 0 spiro atoms. The summed E-state index contributed by atoms with van der Waals surface area (Å²) in [7, 11) is 1.37. The highest BCUT2D eigenvalue weighted by Gasteiger charge is 2.24. The van der Waals surface area contributed by atoms with E-state index in [1.54, 1.807) is 12.1 Å². The lowest BCUT2D eigenvalue weighted by Gasteiger charge is -2.37. The molecule has 0 saturated carbocycles. The molecule has 0 unspecified atom stereocenters. The molecule has 2 heterocycles. The fraction of sp³-hybridized carbons (Fsp3) is 0.368. The molecule has 1 N–H and O–H groups in total. The summed E-state index contributed by atoms with van der Waals surface area (Å²) in [6.45, 7) is 6.58. The second-order valence-corrected chi connectivity index (χ2v) is 7.95. The molecule has 0 atom stereocenters. The third kappa shape index (κ3) is 4.06. The lowest BCUT2D eigenvalue weighted by Crippen LogP contribution is -2.50. The Morgan fingerprint density at radius 2 is 1.89 bits per heavy atom. The number of thiophene rings is 1. The number of thiocarbonyl (C=S) groups is 1. The Morgan fingerprint density at radius 1 is 1.22 bits per heavy atom. The number of hydrogen-bond donors (Lipinski definition) is 1. The Labute approximate surface area is 167 Å². The third-order valence-corrected chi connectivity index (χ3v) is 6.24. The highest BCUT2D eigenvalue weighted by Crippen LogP contribution is 2.33. The van der Waals surface area contributed by atoms with Gasteiger partial charge in [-0.15, -0.1) is 11.3 Å². The van der Waals surface area contributed by atoms with Crippen molar-refractivity contribution in [2.24, 2.45) is 0 Å². The van der Waals surface area contributed by atoms with E-state index in [1.165, 1.54) is 24.5 Å². The lowest BCUT2D eigenvalue weighted by atomic mass is 10.1. The highest BCUT2D eigenvalue weighted by atomic mass is 32.1. The summed E-state index contributed by atoms with van der Waals surface area (Å²) in [4.78, 5) is 17.2. The van der Waals surface area contributed by atoms with E-state index in [4.69, 9.17) is 17.0 Å². The maximum Gasteiger partial charge on any atom is 0.341 e. The van der Waals surface area contributed by atoms with Crippen molar-refractivity contribution >= 4 is 45.3 Å². The first-order valence-corrected chi connectivity index (χ1v) is 9.88. The van der Waals surface area contributed by atoms with Gasteiger partial charge in [0, 0.05) is 31.1 Å². The van der Waals surface area contributed by atoms with Crippen molar-refractivity contribution < 1.29 is 13.9 Å². The third-order valence-electron chi connectivity index (χ3n) is 4.76. The zero-order valence-electron chi connectivity index (χ0n) is 15.5. The van der Waals surface area contributed by atoms with Crippen molar-refractivity contribution in [2.75, 3.05) is 43.5 Å². The van der Waals surface area contributed by atoms with Crippen LogP contribution in [0, 0.1) is 19.7 Å². The van der Waals surface area contributed by atoms with Crippen molar-refractivity contribution in [3.63, 3.8) is 0 Å². The number of nitrogens with zero attached hydrogens (tertiary/aromatic N) is 2. The number of carbonyl (C=O) groups is 1. The van der Waals surface area contributed by atoms with E-state index in [9.17, 15) is 9.18 Å². The number of nitrogens with one attached hydrogen (secondary N) is 1. The van der Waals surface area contributed by atoms with Gasteiger partial charge in [0.2, 0.25) is 0 Å². The first-order chi connectivity index (χ1) is 12.9. The number of ether oxygens (including phenoxy) is 1. The van der Waals surface area contributed by atoms with Gasteiger partial charge in [0.25, 0.3) is 0 Å². The van der Waals surface area contributed by atoms with Crippen LogP contribution in [0.4, 0.5) is 15.1 Å². The normalized spacial score (nSPS) is 14.2. The van der Waals surface area contributed by atoms with Crippen LogP contribution >= 0.6 is 23.6 Å². The molecule has 1 aromatic carbocycles. The van der Waals surface area contributed by atoms with Gasteiger partial charge in [-0.3, -0.25) is 0 Å². The van der Waals surface area contributed by atoms with Crippen molar-refractivity contribution in [2.45, 2.75) is 13.8 Å². The zero-order valence-corrected chi connectivity index (χ0v) is 17.2. The van der Waals surface area contributed by atoms with Gasteiger partial charge in [-0.25, -0.2) is 9.18 Å². The minimum atomic E-state index is -0.369. The summed E-state index contributed by atoms with van der Waals surface area (Å²) < 4.78 is 18.9. The number of aryl methyl sites for hydroxylation is 1. The summed E-state index contributed by atoms with van der Waals surface area (Å²) in [5.41, 5.74) is 2.06. The zero-order chi connectivity index (χ0) is 19.6. The summed E-state index contributed by atoms with van der Waals surface area (Å²) >= 11 is 7.04. The summed E-state index contributed by atoms with van der Waals surface area (Å²) in [5.74, 6) is -0.578. The largest absolute Gasteiger partial charge is 0.465 e. The van der Waals surface area contributed by atoms with Crippen molar-refractivity contribution in [3.05, 3.63) is 46.1 Å². The molecule has 3 rings (SSSR count). The summed E-state index contributed by atoms with van der Waals surface area (Å²) in [6.07, 6.45) is 0. The molecule has 1 saturated heterocycles. The molecule has 0 amide bonds. The fourth-order valence-electron chi connectivity index (χ4n) is 3.10. The van der Waals surface area contributed by atoms with Gasteiger partial charge >= 0.3 is 5.97 Å². The van der Waals surface area contributed by atoms with Gasteiger partial charge in [-0.2, -0.15) is 0 Å². The van der Waals surface area contributed by atoms with E-state index in [0.29, 0.717) is 47.5 Å². The van der Waals surface area contributed by atoms with Crippen LogP contribution in [0.1, 0.15) is 20.8 Å². The van der Waals surface area contributed by atoms with Crippen molar-refractivity contribution in [1.29, 1.82) is 0 Å². The SMILES string of the molecule is COC(=O)c1c(NC(=S)N2CCN(c3ccccc3F)CC2)sc(C)c1C. The van der Waals surface area contributed by atoms with Gasteiger partial charge in [-0.05, 0) is 43.8 Å². The average molecular weight is 408 g/mol. The Hall–Kier alpha value is -2.19. The first kappa shape index (κ1) is 19.6. The Balaban J connectivity index is 1.66. The monoisotopic (exact) mass is 407 g/mol. The second-order valence-electron chi connectivity index (χ2n) is 6.33. The van der Waals surface area contributed by atoms with E-state index in [1.807, 2.05) is 29.7 Å². The number of methoxy groups -OCH3 is 1. The van der Waals surface area contributed by atoms with Crippen LogP contribution in [-0.2, 0) is 4.74 Å². The Morgan fingerprint density at radius 3 is 2.52 bits per heavy atom. The summed E-state index contributed by atoms with van der Waals surface area (Å²) in [5, 5.41) is 4.48. The molecule has 27 heavy (non-hydrogen) atoms. The molecule has 1 aliphatic heterocycles. The predicted octanol–water partition coefficient (Wildman–Crippen LogP) is 3.81. The molecule has 8 heteroatoms.